The molecule has 63 heavy (non-hydrogen) atoms. The lowest BCUT2D eigenvalue weighted by Crippen LogP contribution is -2.47. The molecule has 2 fully saturated rings. The van der Waals surface area contributed by atoms with Crippen LogP contribution in [0, 0.1) is 21.4 Å². The second kappa shape index (κ2) is 17.5. The first-order valence-corrected chi connectivity index (χ1v) is 23.3. The molecule has 1 amide bonds. The highest BCUT2D eigenvalue weighted by Crippen LogP contribution is 2.44. The first-order chi connectivity index (χ1) is 30.3. The summed E-state index contributed by atoms with van der Waals surface area (Å²) in [5, 5.41) is 20.4. The number of piperazine rings is 1. The van der Waals surface area contributed by atoms with Gasteiger partial charge in [0.2, 0.25) is 0 Å². The largest absolute Gasteiger partial charge is 0.489 e. The lowest BCUT2D eigenvalue weighted by atomic mass is 9.72. The highest BCUT2D eigenvalue weighted by molar-refractivity contribution is 7.90. The number of hydrogen-bond acceptors (Lipinski definition) is 12. The van der Waals surface area contributed by atoms with Gasteiger partial charge in [0.05, 0.1) is 27.6 Å². The second-order valence-corrected chi connectivity index (χ2v) is 19.8. The number of pyridine rings is 1. The maximum Gasteiger partial charge on any atom is 0.297 e. The highest BCUT2D eigenvalue weighted by Gasteiger charge is 2.35. The summed E-state index contributed by atoms with van der Waals surface area (Å²) in [4.78, 5) is 37.4. The minimum Gasteiger partial charge on any atom is -0.489 e. The Bertz CT molecular complexity index is 2690. The molecule has 330 valence electrons. The van der Waals surface area contributed by atoms with Gasteiger partial charge in [0, 0.05) is 73.2 Å². The fraction of sp³-hybridized carbons (Fsp3) is 0.391. The lowest BCUT2D eigenvalue weighted by Gasteiger charge is -2.39. The molecule has 0 spiro atoms. The van der Waals surface area contributed by atoms with Gasteiger partial charge in [-0.3, -0.25) is 19.8 Å². The summed E-state index contributed by atoms with van der Waals surface area (Å²) in [5.74, 6) is -0.233. The molecule has 1 atom stereocenters. The number of fused-ring (bicyclic) bond motifs is 2. The Balaban J connectivity index is 0.947. The van der Waals surface area contributed by atoms with E-state index in [1.54, 1.807) is 30.5 Å². The van der Waals surface area contributed by atoms with Gasteiger partial charge in [-0.25, -0.2) is 18.1 Å². The molecule has 0 unspecified atom stereocenters. The number of nitrogens with one attached hydrogen (secondary N) is 4. The van der Waals surface area contributed by atoms with E-state index in [4.69, 9.17) is 21.1 Å². The summed E-state index contributed by atoms with van der Waals surface area (Å²) in [6.45, 7) is 10.5. The van der Waals surface area contributed by atoms with Crippen LogP contribution in [0.4, 0.5) is 17.1 Å². The van der Waals surface area contributed by atoms with Gasteiger partial charge >= 0.3 is 0 Å². The molecule has 0 bridgehead atoms. The molecular weight excluding hydrogens is 844 g/mol. The van der Waals surface area contributed by atoms with Crippen molar-refractivity contribution < 1.29 is 27.6 Å². The molecule has 3 aromatic carbocycles. The summed E-state index contributed by atoms with van der Waals surface area (Å²) < 4.78 is 42.2. The number of nitro groups is 1. The molecule has 4 N–H and O–H groups in total. The smallest absolute Gasteiger partial charge is 0.297 e. The van der Waals surface area contributed by atoms with E-state index < -0.39 is 31.4 Å². The number of carbonyl (C=O) groups is 1. The first kappa shape index (κ1) is 42.6. The molecule has 2 saturated heterocycles. The molecular formula is C46H51ClN8O7S. The number of aromatic nitrogens is 2. The number of nitrogens with zero attached hydrogens (tertiary/aromatic N) is 4. The second-order valence-electron chi connectivity index (χ2n) is 17.7. The number of benzene rings is 3. The maximum absolute atomic E-state index is 14.0. The summed E-state index contributed by atoms with van der Waals surface area (Å²) in [6, 6.07) is 18.9. The summed E-state index contributed by atoms with van der Waals surface area (Å²) >= 11 is 6.25. The Labute approximate surface area is 371 Å². The Hall–Kier alpha value is -5.68. The Morgan fingerprint density at radius 2 is 1.83 bits per heavy atom. The van der Waals surface area contributed by atoms with E-state index in [-0.39, 0.29) is 46.7 Å². The molecule has 5 aromatic rings. The Morgan fingerprint density at radius 1 is 1.05 bits per heavy atom. The molecule has 2 aromatic heterocycles. The standard InChI is InChI=1S/C46H51ClN8O7S/c1-46(2)13-9-32(38(25-46)29-3-5-33(47)6-4-29)27-53-17-19-54(20-18-53)34-7-8-37(41(22-34)62-35-21-31-12-16-49-44(31)50-26-35)45(56)52-63(59,60)36-23-40(55(57)58)43-42(24-36)61-28-39(51-43)30-10-14-48-15-11-30/h3-8,12,16,21-24,26,30,39,48,51H,9-11,13-15,17-20,25,27-28H2,1-2H3,(H,49,50)(H,52,56)/t39-/m0/s1. The number of sulfonamides is 1. The van der Waals surface area contributed by atoms with Crippen molar-refractivity contribution in [1.82, 2.24) is 24.9 Å². The minimum absolute atomic E-state index is 0.0322. The summed E-state index contributed by atoms with van der Waals surface area (Å²) in [5.41, 5.74) is 5.41. The van der Waals surface area contributed by atoms with Gasteiger partial charge < -0.3 is 30.0 Å². The van der Waals surface area contributed by atoms with E-state index in [9.17, 15) is 23.3 Å². The number of amides is 1. The van der Waals surface area contributed by atoms with Gasteiger partial charge in [0.25, 0.3) is 21.6 Å². The number of aromatic amines is 1. The molecule has 1 aliphatic carbocycles. The molecule has 3 aliphatic heterocycles. The van der Waals surface area contributed by atoms with E-state index in [1.165, 1.54) is 29.0 Å². The fourth-order valence-corrected chi connectivity index (χ4v) is 10.4. The predicted octanol–water partition coefficient (Wildman–Crippen LogP) is 7.99. The van der Waals surface area contributed by atoms with Crippen molar-refractivity contribution in [2.24, 2.45) is 11.3 Å². The van der Waals surface area contributed by atoms with Crippen LogP contribution < -0.4 is 29.7 Å². The van der Waals surface area contributed by atoms with Crippen LogP contribution in [0.25, 0.3) is 16.6 Å². The van der Waals surface area contributed by atoms with E-state index >= 15 is 0 Å². The number of anilines is 2. The Kier molecular flexibility index (Phi) is 11.8. The van der Waals surface area contributed by atoms with E-state index in [0.29, 0.717) is 11.4 Å². The number of carbonyl (C=O) groups excluding carboxylic acids is 1. The van der Waals surface area contributed by atoms with Crippen LogP contribution in [-0.4, -0.2) is 92.6 Å². The van der Waals surface area contributed by atoms with Gasteiger partial charge in [-0.15, -0.1) is 0 Å². The fourth-order valence-electron chi connectivity index (χ4n) is 9.26. The zero-order chi connectivity index (χ0) is 43.9. The van der Waals surface area contributed by atoms with Crippen molar-refractivity contribution in [2.75, 3.05) is 62.6 Å². The zero-order valence-electron chi connectivity index (χ0n) is 35.3. The number of nitro benzene ring substituents is 1. The van der Waals surface area contributed by atoms with Crippen LogP contribution in [0.2, 0.25) is 5.02 Å². The minimum atomic E-state index is -4.64. The van der Waals surface area contributed by atoms with Crippen LogP contribution in [0.1, 0.15) is 61.9 Å². The van der Waals surface area contributed by atoms with Gasteiger partial charge in [0.1, 0.15) is 23.8 Å². The van der Waals surface area contributed by atoms with Gasteiger partial charge in [-0.2, -0.15) is 0 Å². The number of rotatable bonds is 11. The van der Waals surface area contributed by atoms with Gasteiger partial charge in [-0.1, -0.05) is 43.2 Å². The number of halogens is 1. The summed E-state index contributed by atoms with van der Waals surface area (Å²) in [7, 11) is -4.64. The molecule has 17 heteroatoms. The maximum atomic E-state index is 14.0. The predicted molar refractivity (Wildman–Crippen MR) is 244 cm³/mol. The SMILES string of the molecule is CC1(C)CCC(CN2CCN(c3ccc(C(=O)NS(=O)(=O)c4cc5c(c([N+](=O)[O-])c4)N[C@H](C4CCNCC4)CO5)c(Oc4cnc5[nH]ccc5c4)c3)CC2)=C(c2ccc(Cl)cc2)C1. The number of H-pyrrole nitrogens is 1. The van der Waals surface area contributed by atoms with Gasteiger partial charge in [-0.05, 0) is 104 Å². The van der Waals surface area contributed by atoms with Crippen LogP contribution in [0.5, 0.6) is 17.2 Å². The van der Waals surface area contributed by atoms with Crippen molar-refractivity contribution in [1.29, 1.82) is 0 Å². The average molecular weight is 895 g/mol. The lowest BCUT2D eigenvalue weighted by molar-refractivity contribution is -0.384. The quantitative estimate of drug-likeness (QED) is 0.0742. The van der Waals surface area contributed by atoms with Gasteiger partial charge in [0.15, 0.2) is 11.4 Å². The Morgan fingerprint density at radius 3 is 2.59 bits per heavy atom. The zero-order valence-corrected chi connectivity index (χ0v) is 36.9. The number of hydrogen-bond donors (Lipinski definition) is 4. The first-order valence-electron chi connectivity index (χ1n) is 21.5. The van der Waals surface area contributed by atoms with E-state index in [0.717, 1.165) is 100 Å². The third-order valence-electron chi connectivity index (χ3n) is 12.8. The van der Waals surface area contributed by atoms with Crippen molar-refractivity contribution >= 4 is 61.2 Å². The normalized spacial score (nSPS) is 19.5. The van der Waals surface area contributed by atoms with E-state index in [1.807, 2.05) is 18.2 Å². The van der Waals surface area contributed by atoms with Crippen molar-refractivity contribution in [3.63, 3.8) is 0 Å². The van der Waals surface area contributed by atoms with Crippen molar-refractivity contribution in [3.05, 3.63) is 111 Å². The molecule has 4 aliphatic rings. The van der Waals surface area contributed by atoms with E-state index in [2.05, 4.69) is 61.1 Å². The van der Waals surface area contributed by atoms with Crippen LogP contribution in [0.15, 0.2) is 89.6 Å². The monoisotopic (exact) mass is 894 g/mol. The number of piperidine rings is 1. The molecule has 0 radical (unpaired) electrons. The van der Waals surface area contributed by atoms with Crippen LogP contribution >= 0.6 is 11.6 Å². The third-order valence-corrected chi connectivity index (χ3v) is 14.4. The number of allylic oxidation sites excluding steroid dienone is 1. The third kappa shape index (κ3) is 9.35. The average Bonchev–Trinajstić information content (AvgIpc) is 3.75. The molecule has 15 nitrogen and oxygen atoms in total. The van der Waals surface area contributed by atoms with Crippen LogP contribution in [-0.2, 0) is 10.0 Å². The summed E-state index contributed by atoms with van der Waals surface area (Å²) in [6.07, 6.45) is 8.24. The van der Waals surface area contributed by atoms with Crippen LogP contribution in [0.3, 0.4) is 0 Å². The highest BCUT2D eigenvalue weighted by atomic mass is 35.5. The molecule has 9 rings (SSSR count). The van der Waals surface area contributed by atoms with Crippen molar-refractivity contribution in [2.45, 2.75) is 56.9 Å². The number of ether oxygens (including phenoxy) is 2. The topological polar surface area (TPSA) is 184 Å². The molecule has 0 saturated carbocycles. The van der Waals surface area contributed by atoms with Crippen molar-refractivity contribution in [3.8, 4) is 17.2 Å². The molecule has 5 heterocycles.